The Morgan fingerprint density at radius 2 is 1.80 bits per heavy atom. The zero-order valence-corrected chi connectivity index (χ0v) is 36.7. The number of anilines is 1. The molecule has 2 unspecified atom stereocenters. The lowest BCUT2D eigenvalue weighted by molar-refractivity contribution is -0.135. The van der Waals surface area contributed by atoms with Gasteiger partial charge in [0.25, 0.3) is 0 Å². The number of aromatic amines is 2. The molecular weight excluding hydrogens is 749 g/mol. The summed E-state index contributed by atoms with van der Waals surface area (Å²) in [6.45, 7) is 21.5. The van der Waals surface area contributed by atoms with Gasteiger partial charge in [0, 0.05) is 41.8 Å². The van der Waals surface area contributed by atoms with E-state index in [1.54, 1.807) is 16.0 Å². The molecule has 4 N–H and O–H groups in total. The zero-order valence-electron chi connectivity index (χ0n) is 36.7. The van der Waals surface area contributed by atoms with Gasteiger partial charge in [-0.25, -0.2) is 19.6 Å². The molecule has 59 heavy (non-hydrogen) atoms. The number of nitrogens with zero attached hydrogens (tertiary/aromatic N) is 4. The van der Waals surface area contributed by atoms with Gasteiger partial charge >= 0.3 is 12.2 Å². The maximum absolute atomic E-state index is 12.8. The lowest BCUT2D eigenvalue weighted by atomic mass is 10.0. The molecule has 0 radical (unpaired) electrons. The maximum Gasteiger partial charge on any atom is 0.410 e. The van der Waals surface area contributed by atoms with Gasteiger partial charge in [-0.1, -0.05) is 65.0 Å². The number of aryl methyl sites for hydroxylation is 1. The minimum absolute atomic E-state index is 0.0377. The van der Waals surface area contributed by atoms with E-state index < -0.39 is 17.7 Å². The van der Waals surface area contributed by atoms with E-state index in [1.165, 1.54) is 7.11 Å². The van der Waals surface area contributed by atoms with Gasteiger partial charge in [-0.3, -0.25) is 9.69 Å². The molecular formula is C45H64N8O6. The number of carbonyl (C=O) groups excluding carboxylic acids is 3. The number of likely N-dealkylation sites (tertiary alicyclic amines) is 1. The maximum atomic E-state index is 12.8. The number of allylic oxidation sites excluding steroid dienone is 1. The Morgan fingerprint density at radius 3 is 2.46 bits per heavy atom. The van der Waals surface area contributed by atoms with Crippen LogP contribution < -0.4 is 15.4 Å². The van der Waals surface area contributed by atoms with Crippen molar-refractivity contribution in [3.63, 3.8) is 0 Å². The van der Waals surface area contributed by atoms with Crippen molar-refractivity contribution in [3.05, 3.63) is 83.3 Å². The minimum atomic E-state index is -0.616. The first-order valence-electron chi connectivity index (χ1n) is 20.6. The molecule has 4 heterocycles. The number of aromatic nitrogens is 4. The van der Waals surface area contributed by atoms with Crippen LogP contribution in [-0.2, 0) is 20.8 Å². The molecule has 0 bridgehead atoms. The molecule has 4 aromatic rings. The molecule has 1 saturated heterocycles. The summed E-state index contributed by atoms with van der Waals surface area (Å²) in [4.78, 5) is 55.8. The smallest absolute Gasteiger partial charge is 0.410 e. The second-order valence-electron chi connectivity index (χ2n) is 15.7. The molecule has 320 valence electrons. The number of rotatable bonds is 9. The molecule has 14 nitrogen and oxygen atoms in total. The number of imidazole rings is 2. The molecule has 3 amide bonds. The monoisotopic (exact) mass is 812 g/mol. The number of fused-ring (bicyclic) bond motifs is 2. The van der Waals surface area contributed by atoms with Crippen molar-refractivity contribution in [2.45, 2.75) is 113 Å². The van der Waals surface area contributed by atoms with Crippen LogP contribution in [0, 0.1) is 12.8 Å². The van der Waals surface area contributed by atoms with Crippen molar-refractivity contribution in [2.24, 2.45) is 5.92 Å². The summed E-state index contributed by atoms with van der Waals surface area (Å²) in [5.74, 6) is 2.16. The quantitative estimate of drug-likeness (QED) is 0.129. The van der Waals surface area contributed by atoms with Gasteiger partial charge in [0.15, 0.2) is 6.73 Å². The number of H-pyrrole nitrogens is 2. The van der Waals surface area contributed by atoms with Crippen LogP contribution in [0.3, 0.4) is 0 Å². The van der Waals surface area contributed by atoms with Gasteiger partial charge in [-0.2, -0.15) is 0 Å². The van der Waals surface area contributed by atoms with E-state index in [9.17, 15) is 14.4 Å². The first kappa shape index (κ1) is 45.9. The number of benzene rings is 2. The first-order chi connectivity index (χ1) is 28.2. The van der Waals surface area contributed by atoms with Crippen molar-refractivity contribution in [2.75, 3.05) is 32.2 Å². The number of para-hydroxylation sites is 1. The van der Waals surface area contributed by atoms with E-state index in [1.807, 2.05) is 86.7 Å². The molecule has 0 saturated carbocycles. The summed E-state index contributed by atoms with van der Waals surface area (Å²) in [6.07, 6.45) is 7.45. The second-order valence-corrected chi connectivity index (χ2v) is 15.7. The topological polar surface area (TPSA) is 167 Å². The molecule has 2 aliphatic rings. The average Bonchev–Trinajstić information content (AvgIpc) is 3.99. The van der Waals surface area contributed by atoms with E-state index in [4.69, 9.17) is 9.47 Å². The Hall–Kier alpha value is -5.79. The van der Waals surface area contributed by atoms with E-state index in [0.717, 1.165) is 76.0 Å². The number of hydrogen-bond acceptors (Lipinski definition) is 9. The molecule has 2 aromatic carbocycles. The molecule has 6 rings (SSSR count). The Morgan fingerprint density at radius 1 is 1.05 bits per heavy atom. The Balaban J connectivity index is 0.000000277. The predicted octanol–water partition coefficient (Wildman–Crippen LogP) is 9.33. The van der Waals surface area contributed by atoms with Crippen LogP contribution in [0.5, 0.6) is 5.75 Å². The molecule has 2 atom stereocenters. The molecule has 0 spiro atoms. The Labute approximate surface area is 349 Å². The van der Waals surface area contributed by atoms with Gasteiger partial charge in [0.1, 0.15) is 29.0 Å². The highest BCUT2D eigenvalue weighted by Gasteiger charge is 2.35. The van der Waals surface area contributed by atoms with Crippen molar-refractivity contribution < 1.29 is 28.6 Å². The number of methoxy groups -OCH3 is 1. The van der Waals surface area contributed by atoms with Crippen molar-refractivity contribution in [3.8, 4) is 17.0 Å². The standard InChI is InChI=1S/C28H32N4O3.C15H26N4O3.C2H6/c1-18-14-19-8-5-6-9-22(19)30-17-34-25-15-20(11-12-21(18)25)23-16-29-26(31-23)24-10-7-13-32(24)27(33)35-28(2,3)4;1-6-7-19(9-12-16-8-11(4)17-12)14(20)13(10(2)3)18-15(21)22-5;1-2/h5-6,8-9,11-12,14-16,24,30H,7,10,13,17H2,1-4H3,(H,29,31);8,10,13H,6-7,9H2,1-5H3,(H,16,17)(H,18,21);1-2H3/b18-14+;;. The summed E-state index contributed by atoms with van der Waals surface area (Å²) in [5, 5.41) is 5.97. The van der Waals surface area contributed by atoms with Gasteiger partial charge in [0.2, 0.25) is 5.91 Å². The molecule has 1 fully saturated rings. The number of nitrogens with one attached hydrogen (secondary N) is 4. The van der Waals surface area contributed by atoms with Gasteiger partial charge in [0.05, 0.1) is 31.6 Å². The fourth-order valence-electron chi connectivity index (χ4n) is 6.83. The third-order valence-electron chi connectivity index (χ3n) is 9.63. The molecule has 0 aliphatic carbocycles. The number of carbonyl (C=O) groups is 3. The van der Waals surface area contributed by atoms with Crippen molar-refractivity contribution >= 4 is 35.4 Å². The lowest BCUT2D eigenvalue weighted by Crippen LogP contribution is -2.51. The summed E-state index contributed by atoms with van der Waals surface area (Å²) < 4.78 is 16.4. The number of hydrogen-bond donors (Lipinski definition) is 4. The third-order valence-corrected chi connectivity index (χ3v) is 9.63. The van der Waals surface area contributed by atoms with Gasteiger partial charge in [-0.05, 0) is 89.1 Å². The zero-order chi connectivity index (χ0) is 43.3. The van der Waals surface area contributed by atoms with Gasteiger partial charge in [-0.15, -0.1) is 0 Å². The summed E-state index contributed by atoms with van der Waals surface area (Å²) in [7, 11) is 1.28. The SMILES string of the molecule is C/C1=C\c2ccccc2NCOc2cc(-c3cnc(C4CCCN4C(=O)OC(C)(C)C)[nH]3)ccc21.CC.CCCN(Cc1ncc(C)[nH]1)C(=O)C(NC(=O)OC)C(C)C. The second kappa shape index (κ2) is 21.3. The summed E-state index contributed by atoms with van der Waals surface area (Å²) >= 11 is 0. The van der Waals surface area contributed by atoms with E-state index in [2.05, 4.69) is 72.6 Å². The van der Waals surface area contributed by atoms with E-state index in [0.29, 0.717) is 26.4 Å². The summed E-state index contributed by atoms with van der Waals surface area (Å²) in [5.41, 5.74) is 6.66. The highest BCUT2D eigenvalue weighted by molar-refractivity contribution is 5.87. The van der Waals surface area contributed by atoms with Crippen molar-refractivity contribution in [1.29, 1.82) is 0 Å². The average molecular weight is 813 g/mol. The number of alkyl carbamates (subject to hydrolysis) is 1. The van der Waals surface area contributed by atoms with Crippen LogP contribution in [0.25, 0.3) is 22.9 Å². The fraction of sp³-hybridized carbons (Fsp3) is 0.489. The largest absolute Gasteiger partial charge is 0.473 e. The van der Waals surface area contributed by atoms with Crippen LogP contribution in [0.4, 0.5) is 15.3 Å². The van der Waals surface area contributed by atoms with Crippen LogP contribution >= 0.6 is 0 Å². The van der Waals surface area contributed by atoms with Crippen LogP contribution in [0.15, 0.2) is 54.9 Å². The van der Waals surface area contributed by atoms with Crippen LogP contribution in [0.1, 0.15) is 116 Å². The third kappa shape index (κ3) is 12.6. The van der Waals surface area contributed by atoms with Gasteiger partial charge < -0.3 is 39.7 Å². The normalized spacial score (nSPS) is 16.0. The Bertz CT molecular complexity index is 2030. The molecule has 2 aromatic heterocycles. The fourth-order valence-corrected chi connectivity index (χ4v) is 6.83. The number of ether oxygens (including phenoxy) is 3. The highest BCUT2D eigenvalue weighted by Crippen LogP contribution is 2.36. The first-order valence-corrected chi connectivity index (χ1v) is 20.6. The van der Waals surface area contributed by atoms with Crippen molar-refractivity contribution in [1.82, 2.24) is 35.1 Å². The van der Waals surface area contributed by atoms with E-state index in [-0.39, 0.29) is 24.0 Å². The number of amides is 3. The molecule has 2 aliphatic heterocycles. The Kier molecular flexibility index (Phi) is 16.6. The van der Waals surface area contributed by atoms with E-state index >= 15 is 0 Å². The van der Waals surface area contributed by atoms with Crippen LogP contribution in [-0.4, -0.2) is 86.4 Å². The lowest BCUT2D eigenvalue weighted by Gasteiger charge is -2.28. The predicted molar refractivity (Wildman–Crippen MR) is 233 cm³/mol. The van der Waals surface area contributed by atoms with Crippen LogP contribution in [0.2, 0.25) is 0 Å². The highest BCUT2D eigenvalue weighted by atomic mass is 16.6. The summed E-state index contributed by atoms with van der Waals surface area (Å²) in [6, 6.07) is 13.7. The molecule has 14 heteroatoms. The minimum Gasteiger partial charge on any atom is -0.473 e.